The van der Waals surface area contributed by atoms with Crippen molar-refractivity contribution >= 4 is 63.0 Å². The summed E-state index contributed by atoms with van der Waals surface area (Å²) in [6.07, 6.45) is 2.31. The summed E-state index contributed by atoms with van der Waals surface area (Å²) in [6, 6.07) is 47.9. The summed E-state index contributed by atoms with van der Waals surface area (Å²) in [5, 5.41) is 5.83. The summed E-state index contributed by atoms with van der Waals surface area (Å²) in [5.41, 5.74) is 1.12. The first-order valence-electron chi connectivity index (χ1n) is 11.8. The van der Waals surface area contributed by atoms with Crippen molar-refractivity contribution in [2.45, 2.75) is 0 Å². The van der Waals surface area contributed by atoms with Gasteiger partial charge >= 0.3 is 0 Å². The molecule has 0 atom stereocenters. The van der Waals surface area contributed by atoms with Crippen molar-refractivity contribution in [2.75, 3.05) is 0 Å². The summed E-state index contributed by atoms with van der Waals surface area (Å²) in [5.74, 6) is 0. The van der Waals surface area contributed by atoms with Crippen LogP contribution >= 0.6 is 12.1 Å². The van der Waals surface area contributed by atoms with Gasteiger partial charge in [0, 0.05) is 17.1 Å². The maximum absolute atomic E-state index is 6.91. The number of rotatable bonds is 7. The molecule has 0 unspecified atom stereocenters. The van der Waals surface area contributed by atoms with E-state index in [1.54, 1.807) is 0 Å². The van der Waals surface area contributed by atoms with Crippen LogP contribution < -0.4 is 21.2 Å². The normalized spacial score (nSPS) is 11.6. The second-order valence-electron chi connectivity index (χ2n) is 8.47. The largest absolute Gasteiger partial charge is 0.0825 e. The van der Waals surface area contributed by atoms with E-state index in [0.29, 0.717) is 0 Å². The van der Waals surface area contributed by atoms with E-state index in [0.717, 1.165) is 26.8 Å². The standard InChI is InChI=1S/C32H26P2S2/c35-33(28-18-8-2-9-19-28,29-20-10-3-11-21-29)32(26-27-16-6-1-7-17-27)34(36,30-22-12-4-13-23-30)31-24-14-5-15-25-31/h1-26H. The van der Waals surface area contributed by atoms with E-state index in [9.17, 15) is 0 Å². The molecular weight excluding hydrogens is 510 g/mol. The molecule has 5 aromatic carbocycles. The lowest BCUT2D eigenvalue weighted by atomic mass is 10.2. The monoisotopic (exact) mass is 536 g/mol. The third-order valence-electron chi connectivity index (χ3n) is 6.22. The van der Waals surface area contributed by atoms with Gasteiger partial charge in [-0.3, -0.25) is 0 Å². The Labute approximate surface area is 224 Å². The Kier molecular flexibility index (Phi) is 7.61. The van der Waals surface area contributed by atoms with E-state index in [2.05, 4.69) is 152 Å². The molecule has 0 radical (unpaired) electrons. The van der Waals surface area contributed by atoms with E-state index in [1.807, 2.05) is 6.07 Å². The minimum atomic E-state index is -2.51. The third-order valence-corrected chi connectivity index (χ3v) is 18.2. The topological polar surface area (TPSA) is 0 Å². The molecule has 0 N–H and O–H groups in total. The van der Waals surface area contributed by atoms with E-state index in [4.69, 9.17) is 23.6 Å². The molecule has 0 aliphatic carbocycles. The Bertz CT molecular complexity index is 1360. The molecule has 4 heteroatoms. The van der Waals surface area contributed by atoms with E-state index >= 15 is 0 Å². The van der Waals surface area contributed by atoms with Crippen LogP contribution in [0, 0.1) is 0 Å². The van der Waals surface area contributed by atoms with Gasteiger partial charge in [0.05, 0.1) is 0 Å². The summed E-state index contributed by atoms with van der Waals surface area (Å²) in [4.78, 5) is 0. The van der Waals surface area contributed by atoms with E-state index in [-0.39, 0.29) is 0 Å². The van der Waals surface area contributed by atoms with Crippen LogP contribution in [-0.4, -0.2) is 0 Å². The smallest absolute Gasteiger partial charge is 0.0397 e. The zero-order valence-electron chi connectivity index (χ0n) is 19.7. The molecule has 176 valence electrons. The molecule has 36 heavy (non-hydrogen) atoms. The highest BCUT2D eigenvalue weighted by molar-refractivity contribution is 8.35. The average Bonchev–Trinajstić information content (AvgIpc) is 2.97. The second kappa shape index (κ2) is 11.0. The van der Waals surface area contributed by atoms with E-state index in [1.165, 1.54) is 5.06 Å². The minimum absolute atomic E-state index is 1.12. The summed E-state index contributed by atoms with van der Waals surface area (Å²) < 4.78 is 0. The van der Waals surface area contributed by atoms with Crippen molar-refractivity contribution in [3.05, 3.63) is 162 Å². The molecule has 0 aliphatic heterocycles. The fourth-order valence-electron chi connectivity index (χ4n) is 4.46. The van der Waals surface area contributed by atoms with Gasteiger partial charge in [0.1, 0.15) is 0 Å². The van der Waals surface area contributed by atoms with Crippen LogP contribution in [0.4, 0.5) is 0 Å². The number of benzene rings is 5. The van der Waals surface area contributed by atoms with Gasteiger partial charge < -0.3 is 0 Å². The first-order chi connectivity index (χ1) is 17.6. The summed E-state index contributed by atoms with van der Waals surface area (Å²) in [6.45, 7) is 0. The molecule has 0 aliphatic rings. The first-order valence-corrected chi connectivity index (χ1v) is 17.4. The molecule has 0 heterocycles. The summed E-state index contributed by atoms with van der Waals surface area (Å²) >= 11 is 13.8. The molecule has 5 rings (SSSR count). The quantitative estimate of drug-likeness (QED) is 0.201. The molecule has 0 nitrogen and oxygen atoms in total. The highest BCUT2D eigenvalue weighted by atomic mass is 32.5. The minimum Gasteiger partial charge on any atom is -0.0825 e. The lowest BCUT2D eigenvalue weighted by Crippen LogP contribution is -2.23. The fraction of sp³-hybridized carbons (Fsp3) is 0. The van der Waals surface area contributed by atoms with Crippen LogP contribution in [0.3, 0.4) is 0 Å². The first kappa shape index (κ1) is 24.8. The van der Waals surface area contributed by atoms with Gasteiger partial charge in [-0.2, -0.15) is 0 Å². The average molecular weight is 537 g/mol. The van der Waals surface area contributed by atoms with Crippen molar-refractivity contribution in [2.24, 2.45) is 0 Å². The van der Waals surface area contributed by atoms with E-state index < -0.39 is 12.1 Å². The zero-order valence-corrected chi connectivity index (χ0v) is 23.1. The highest BCUT2D eigenvalue weighted by Crippen LogP contribution is 2.70. The van der Waals surface area contributed by atoms with Crippen LogP contribution in [0.15, 0.2) is 157 Å². The van der Waals surface area contributed by atoms with Crippen molar-refractivity contribution in [1.29, 1.82) is 0 Å². The lowest BCUT2D eigenvalue weighted by molar-refractivity contribution is 1.66. The molecule has 0 amide bonds. The van der Waals surface area contributed by atoms with Crippen molar-refractivity contribution in [3.8, 4) is 0 Å². The third kappa shape index (κ3) is 4.75. The molecule has 0 saturated heterocycles. The van der Waals surface area contributed by atoms with Gasteiger partial charge in [-0.05, 0) is 32.9 Å². The summed E-state index contributed by atoms with van der Waals surface area (Å²) in [7, 11) is 0. The van der Waals surface area contributed by atoms with Crippen molar-refractivity contribution < 1.29 is 0 Å². The Morgan fingerprint density at radius 2 is 0.639 bits per heavy atom. The predicted molar refractivity (Wildman–Crippen MR) is 167 cm³/mol. The maximum atomic E-state index is 6.91. The zero-order chi connectivity index (χ0) is 24.8. The molecule has 0 spiro atoms. The molecule has 5 aromatic rings. The molecule has 0 aromatic heterocycles. The molecule has 0 saturated carbocycles. The van der Waals surface area contributed by atoms with Gasteiger partial charge in [-0.15, -0.1) is 0 Å². The fourth-order valence-corrected chi connectivity index (χ4v) is 16.6. The Morgan fingerprint density at radius 1 is 0.389 bits per heavy atom. The van der Waals surface area contributed by atoms with Crippen LogP contribution in [0.2, 0.25) is 0 Å². The van der Waals surface area contributed by atoms with Gasteiger partial charge in [-0.1, -0.05) is 175 Å². The Hall–Kier alpha value is -2.86. The van der Waals surface area contributed by atoms with Crippen molar-refractivity contribution in [3.63, 3.8) is 0 Å². The van der Waals surface area contributed by atoms with Crippen LogP contribution in [0.5, 0.6) is 0 Å². The van der Waals surface area contributed by atoms with Crippen LogP contribution in [0.1, 0.15) is 5.56 Å². The number of hydrogen-bond acceptors (Lipinski definition) is 2. The molecular formula is C32H26P2S2. The maximum Gasteiger partial charge on any atom is 0.0397 e. The van der Waals surface area contributed by atoms with Gasteiger partial charge in [0.15, 0.2) is 0 Å². The second-order valence-corrected chi connectivity index (χ2v) is 17.6. The van der Waals surface area contributed by atoms with Gasteiger partial charge in [-0.25, -0.2) is 0 Å². The Morgan fingerprint density at radius 3 is 0.917 bits per heavy atom. The van der Waals surface area contributed by atoms with Gasteiger partial charge in [0.25, 0.3) is 0 Å². The Balaban J connectivity index is 1.93. The lowest BCUT2D eigenvalue weighted by Gasteiger charge is -2.35. The van der Waals surface area contributed by atoms with Gasteiger partial charge in [0.2, 0.25) is 0 Å². The highest BCUT2D eigenvalue weighted by Gasteiger charge is 2.38. The number of hydrogen-bond donors (Lipinski definition) is 0. The van der Waals surface area contributed by atoms with Crippen molar-refractivity contribution in [1.82, 2.24) is 0 Å². The van der Waals surface area contributed by atoms with Crippen LogP contribution in [-0.2, 0) is 23.6 Å². The van der Waals surface area contributed by atoms with Crippen LogP contribution in [0.25, 0.3) is 6.08 Å². The predicted octanol–water partition coefficient (Wildman–Crippen LogP) is 7.25. The SMILES string of the molecule is S=P(C(=Cc1ccccc1)P(=S)(c1ccccc1)c1ccccc1)(c1ccccc1)c1ccccc1. The molecule has 0 fully saturated rings. The molecule has 0 bridgehead atoms.